The number of hydrazone groups is 1. The van der Waals surface area contributed by atoms with E-state index in [0.717, 1.165) is 0 Å². The van der Waals surface area contributed by atoms with Gasteiger partial charge < -0.3 is 14.9 Å². The number of nitro benzene ring substituents is 1. The third kappa shape index (κ3) is 4.66. The van der Waals surface area contributed by atoms with Crippen LogP contribution in [-0.4, -0.2) is 65.0 Å². The molecule has 1 N–H and O–H groups in total. The average Bonchev–Trinajstić information content (AvgIpc) is 2.92. The molecular formula is C15H20N4O5. The number of aliphatic hydroxyl groups is 1. The second kappa shape index (κ2) is 7.73. The van der Waals surface area contributed by atoms with Crippen molar-refractivity contribution in [3.8, 4) is 0 Å². The molecule has 9 nitrogen and oxygen atoms in total. The van der Waals surface area contributed by atoms with Gasteiger partial charge in [-0.15, -0.1) is 0 Å². The molecule has 0 aliphatic carbocycles. The van der Waals surface area contributed by atoms with Crippen molar-refractivity contribution >= 4 is 18.0 Å². The fourth-order valence-corrected chi connectivity index (χ4v) is 2.35. The zero-order chi connectivity index (χ0) is 17.7. The molecule has 1 aromatic carbocycles. The number of carbonyl (C=O) groups excluding carboxylic acids is 1. The number of rotatable bonds is 5. The zero-order valence-corrected chi connectivity index (χ0v) is 13.5. The largest absolute Gasteiger partial charge is 0.445 e. The molecule has 9 heteroatoms. The maximum atomic E-state index is 12.2. The van der Waals surface area contributed by atoms with Gasteiger partial charge in [0.1, 0.15) is 6.61 Å². The van der Waals surface area contributed by atoms with E-state index >= 15 is 0 Å². The fraction of sp³-hybridized carbons (Fsp3) is 0.467. The number of hydrogen-bond donors (Lipinski definition) is 1. The standard InChI is InChI=1S/C15H20N4O5/c1-17(2)16-8-13-7-14(20)9-18(13)15(21)24-10-11-3-5-12(6-4-11)19(22)23/h3-6,8,13-14,20H,7,9-10H2,1-2H3/t13-,14+/m0/s1. The van der Waals surface area contributed by atoms with E-state index in [1.54, 1.807) is 25.3 Å². The number of β-amino-alcohol motifs (C(OH)–C–C–N with tert-alkyl or cyclic N) is 1. The van der Waals surface area contributed by atoms with Gasteiger partial charge >= 0.3 is 6.09 Å². The van der Waals surface area contributed by atoms with Crippen molar-refractivity contribution in [2.45, 2.75) is 25.2 Å². The molecule has 24 heavy (non-hydrogen) atoms. The number of nitrogens with zero attached hydrogens (tertiary/aromatic N) is 4. The Bertz CT molecular complexity index is 617. The molecule has 1 saturated heterocycles. The summed E-state index contributed by atoms with van der Waals surface area (Å²) in [5.74, 6) is 0. The van der Waals surface area contributed by atoms with Crippen molar-refractivity contribution in [2.24, 2.45) is 5.10 Å². The lowest BCUT2D eigenvalue weighted by molar-refractivity contribution is -0.384. The SMILES string of the molecule is CN(C)N=C[C@@H]1C[C@@H](O)CN1C(=O)OCc1ccc([N+](=O)[O-])cc1. The van der Waals surface area contributed by atoms with Crippen LogP contribution in [0, 0.1) is 10.1 Å². The number of benzene rings is 1. The maximum absolute atomic E-state index is 12.2. The molecule has 0 spiro atoms. The molecule has 0 bridgehead atoms. The molecule has 1 aliphatic rings. The number of non-ortho nitro benzene ring substituents is 1. The van der Waals surface area contributed by atoms with Gasteiger partial charge in [0.15, 0.2) is 0 Å². The highest BCUT2D eigenvalue weighted by Gasteiger charge is 2.34. The van der Waals surface area contributed by atoms with Gasteiger partial charge in [-0.25, -0.2) is 4.79 Å². The summed E-state index contributed by atoms with van der Waals surface area (Å²) < 4.78 is 5.23. The Morgan fingerprint density at radius 2 is 2.17 bits per heavy atom. The quantitative estimate of drug-likeness (QED) is 0.492. The molecule has 0 unspecified atom stereocenters. The molecule has 0 aromatic heterocycles. The van der Waals surface area contributed by atoms with Crippen LogP contribution in [0.3, 0.4) is 0 Å². The summed E-state index contributed by atoms with van der Waals surface area (Å²) in [5.41, 5.74) is 0.625. The molecule has 130 valence electrons. The minimum atomic E-state index is -0.615. The number of amides is 1. The predicted octanol–water partition coefficient (Wildman–Crippen LogP) is 1.21. The van der Waals surface area contributed by atoms with Crippen molar-refractivity contribution in [3.63, 3.8) is 0 Å². The second-order valence-electron chi connectivity index (χ2n) is 5.70. The summed E-state index contributed by atoms with van der Waals surface area (Å²) in [7, 11) is 3.53. The van der Waals surface area contributed by atoms with Crippen molar-refractivity contribution in [1.29, 1.82) is 0 Å². The van der Waals surface area contributed by atoms with Crippen LogP contribution in [0.2, 0.25) is 0 Å². The van der Waals surface area contributed by atoms with Gasteiger partial charge in [-0.3, -0.25) is 15.0 Å². The van der Waals surface area contributed by atoms with Gasteiger partial charge in [-0.2, -0.15) is 5.10 Å². The number of ether oxygens (including phenoxy) is 1. The molecule has 0 radical (unpaired) electrons. The number of carbonyl (C=O) groups is 1. The third-order valence-corrected chi connectivity index (χ3v) is 3.54. The summed E-state index contributed by atoms with van der Waals surface area (Å²) >= 11 is 0. The Kier molecular flexibility index (Phi) is 5.69. The zero-order valence-electron chi connectivity index (χ0n) is 13.5. The highest BCUT2D eigenvalue weighted by molar-refractivity contribution is 5.76. The van der Waals surface area contributed by atoms with Gasteiger partial charge in [0.05, 0.1) is 23.6 Å². The average molecular weight is 336 g/mol. The van der Waals surface area contributed by atoms with E-state index in [-0.39, 0.29) is 24.9 Å². The van der Waals surface area contributed by atoms with Crippen molar-refractivity contribution in [1.82, 2.24) is 9.91 Å². The van der Waals surface area contributed by atoms with Crippen LogP contribution in [0.1, 0.15) is 12.0 Å². The van der Waals surface area contributed by atoms with Crippen LogP contribution in [0.5, 0.6) is 0 Å². The summed E-state index contributed by atoms with van der Waals surface area (Å²) in [6.07, 6.45) is 0.837. The van der Waals surface area contributed by atoms with Crippen LogP contribution < -0.4 is 0 Å². The normalized spacial score (nSPS) is 20.4. The Morgan fingerprint density at radius 1 is 1.50 bits per heavy atom. The lowest BCUT2D eigenvalue weighted by atomic mass is 10.2. The highest BCUT2D eigenvalue weighted by Crippen LogP contribution is 2.19. The molecule has 1 fully saturated rings. The van der Waals surface area contributed by atoms with E-state index < -0.39 is 17.1 Å². The molecule has 2 atom stereocenters. The Balaban J connectivity index is 1.94. The number of aliphatic hydroxyl groups excluding tert-OH is 1. The van der Waals surface area contributed by atoms with Crippen LogP contribution in [0.4, 0.5) is 10.5 Å². The Labute approximate surface area is 139 Å². The highest BCUT2D eigenvalue weighted by atomic mass is 16.6. The number of hydrogen-bond acceptors (Lipinski definition) is 7. The molecular weight excluding hydrogens is 316 g/mol. The second-order valence-corrected chi connectivity index (χ2v) is 5.70. The van der Waals surface area contributed by atoms with Gasteiger partial charge in [0.25, 0.3) is 5.69 Å². The van der Waals surface area contributed by atoms with E-state index in [4.69, 9.17) is 4.74 Å². The Hall–Kier alpha value is -2.68. The third-order valence-electron chi connectivity index (χ3n) is 3.54. The van der Waals surface area contributed by atoms with Crippen LogP contribution >= 0.6 is 0 Å². The molecule has 0 saturated carbocycles. The van der Waals surface area contributed by atoms with Gasteiger partial charge in [-0.1, -0.05) is 0 Å². The van der Waals surface area contributed by atoms with Crippen LogP contribution in [0.15, 0.2) is 29.4 Å². The summed E-state index contributed by atoms with van der Waals surface area (Å²) in [4.78, 5) is 23.7. The van der Waals surface area contributed by atoms with Gasteiger partial charge in [0, 0.05) is 38.9 Å². The first-order chi connectivity index (χ1) is 11.4. The minimum Gasteiger partial charge on any atom is -0.445 e. The summed E-state index contributed by atoms with van der Waals surface area (Å²) in [5, 5.41) is 26.1. The van der Waals surface area contributed by atoms with Gasteiger partial charge in [0.2, 0.25) is 0 Å². The first-order valence-electron chi connectivity index (χ1n) is 7.43. The van der Waals surface area contributed by atoms with E-state index in [1.165, 1.54) is 29.2 Å². The van der Waals surface area contributed by atoms with Crippen LogP contribution in [-0.2, 0) is 11.3 Å². The first kappa shape index (κ1) is 17.7. The first-order valence-corrected chi connectivity index (χ1v) is 7.43. The van der Waals surface area contributed by atoms with Crippen LogP contribution in [0.25, 0.3) is 0 Å². The van der Waals surface area contributed by atoms with E-state index in [2.05, 4.69) is 5.10 Å². The van der Waals surface area contributed by atoms with Crippen molar-refractivity contribution in [2.75, 3.05) is 20.6 Å². The number of likely N-dealkylation sites (tertiary alicyclic amines) is 1. The van der Waals surface area contributed by atoms with E-state index in [1.807, 2.05) is 0 Å². The molecule has 1 amide bonds. The van der Waals surface area contributed by atoms with E-state index in [9.17, 15) is 20.0 Å². The van der Waals surface area contributed by atoms with Crippen molar-refractivity contribution in [3.05, 3.63) is 39.9 Å². The topological polar surface area (TPSA) is 109 Å². The van der Waals surface area contributed by atoms with E-state index in [0.29, 0.717) is 12.0 Å². The summed E-state index contributed by atoms with van der Waals surface area (Å²) in [6.45, 7) is 0.185. The molecule has 1 aromatic rings. The number of nitro groups is 1. The minimum absolute atomic E-state index is 0.000959. The monoisotopic (exact) mass is 336 g/mol. The molecule has 1 heterocycles. The van der Waals surface area contributed by atoms with Gasteiger partial charge in [-0.05, 0) is 17.7 Å². The van der Waals surface area contributed by atoms with Crippen molar-refractivity contribution < 1.29 is 19.6 Å². The smallest absolute Gasteiger partial charge is 0.410 e. The summed E-state index contributed by atoms with van der Waals surface area (Å²) in [6, 6.07) is 5.46. The molecule has 2 rings (SSSR count). The lowest BCUT2D eigenvalue weighted by Crippen LogP contribution is -2.37. The predicted molar refractivity (Wildman–Crippen MR) is 86.6 cm³/mol. The molecule has 1 aliphatic heterocycles. The Morgan fingerprint density at radius 3 is 2.75 bits per heavy atom. The lowest BCUT2D eigenvalue weighted by Gasteiger charge is -2.21. The fourth-order valence-electron chi connectivity index (χ4n) is 2.35. The maximum Gasteiger partial charge on any atom is 0.410 e.